The topological polar surface area (TPSA) is 59.2 Å². The Hall–Kier alpha value is -2.07. The second kappa shape index (κ2) is 7.16. The van der Waals surface area contributed by atoms with Gasteiger partial charge in [-0.2, -0.15) is 0 Å². The van der Waals surface area contributed by atoms with E-state index in [0.717, 1.165) is 30.5 Å². The summed E-state index contributed by atoms with van der Waals surface area (Å²) >= 11 is 6.33. The maximum absolute atomic E-state index is 12.8. The van der Waals surface area contributed by atoms with E-state index >= 15 is 0 Å². The van der Waals surface area contributed by atoms with Crippen LogP contribution in [0.4, 0.5) is 0 Å². The fraction of sp³-hybridized carbons (Fsp3) is 0.455. The maximum atomic E-state index is 12.8. The van der Waals surface area contributed by atoms with Gasteiger partial charge in [0.1, 0.15) is 11.8 Å². The van der Waals surface area contributed by atoms with Crippen LogP contribution < -0.4 is 0 Å². The van der Waals surface area contributed by atoms with Gasteiger partial charge in [-0.1, -0.05) is 36.7 Å². The van der Waals surface area contributed by atoms with Gasteiger partial charge in [0, 0.05) is 22.7 Å². The van der Waals surface area contributed by atoms with Gasteiger partial charge >= 0.3 is 5.97 Å². The van der Waals surface area contributed by atoms with Crippen molar-refractivity contribution in [3.05, 3.63) is 57.4 Å². The van der Waals surface area contributed by atoms with E-state index in [-0.39, 0.29) is 23.8 Å². The van der Waals surface area contributed by atoms with E-state index in [1.54, 1.807) is 0 Å². The van der Waals surface area contributed by atoms with Gasteiger partial charge < -0.3 is 9.72 Å². The monoisotopic (exact) mass is 385 g/mol. The lowest BCUT2D eigenvalue weighted by atomic mass is 9.81. The molecule has 1 saturated carbocycles. The standard InChI is InChI=1S/C22H24ClNO3/c1-12-6-5-9-19(12)27-22(26)21-13(2)20-17(24-21)10-14(11-18(20)25)15-7-3-4-8-16(15)23/h3-4,7-8,12,14,19,24H,5-6,9-11H2,1-2H3/t12-,14-,19+/m0/s1. The lowest BCUT2D eigenvalue weighted by Crippen LogP contribution is -2.21. The van der Waals surface area contributed by atoms with E-state index in [9.17, 15) is 9.59 Å². The number of benzene rings is 1. The zero-order chi connectivity index (χ0) is 19.1. The minimum Gasteiger partial charge on any atom is -0.457 e. The summed E-state index contributed by atoms with van der Waals surface area (Å²) in [5.41, 5.74) is 3.59. The molecule has 0 bridgehead atoms. The summed E-state index contributed by atoms with van der Waals surface area (Å²) in [5.74, 6) is 0.131. The van der Waals surface area contributed by atoms with Crippen molar-refractivity contribution in [3.8, 4) is 0 Å². The fourth-order valence-electron chi connectivity index (χ4n) is 4.55. The van der Waals surface area contributed by atoms with Crippen LogP contribution in [0, 0.1) is 12.8 Å². The molecule has 27 heavy (non-hydrogen) atoms. The lowest BCUT2D eigenvalue weighted by molar-refractivity contribution is 0.0219. The zero-order valence-corrected chi connectivity index (χ0v) is 16.4. The molecule has 1 heterocycles. The van der Waals surface area contributed by atoms with Gasteiger partial charge in [-0.15, -0.1) is 0 Å². The van der Waals surface area contributed by atoms with Gasteiger partial charge in [-0.25, -0.2) is 4.79 Å². The van der Waals surface area contributed by atoms with E-state index in [2.05, 4.69) is 11.9 Å². The molecule has 2 aromatic rings. The quantitative estimate of drug-likeness (QED) is 0.735. The van der Waals surface area contributed by atoms with Gasteiger partial charge in [0.05, 0.1) is 0 Å². The predicted molar refractivity (Wildman–Crippen MR) is 105 cm³/mol. The van der Waals surface area contributed by atoms with Crippen molar-refractivity contribution in [2.75, 3.05) is 0 Å². The molecule has 3 atom stereocenters. The average Bonchev–Trinajstić information content (AvgIpc) is 3.19. The Morgan fingerprint density at radius 2 is 2.00 bits per heavy atom. The minimum absolute atomic E-state index is 0.0236. The van der Waals surface area contributed by atoms with Crippen molar-refractivity contribution in [3.63, 3.8) is 0 Å². The Morgan fingerprint density at radius 1 is 1.22 bits per heavy atom. The van der Waals surface area contributed by atoms with Crippen LogP contribution in [0.3, 0.4) is 0 Å². The third-order valence-corrected chi connectivity index (χ3v) is 6.42. The van der Waals surface area contributed by atoms with E-state index in [0.29, 0.717) is 40.6 Å². The highest BCUT2D eigenvalue weighted by molar-refractivity contribution is 6.31. The molecule has 2 aliphatic rings. The molecule has 0 amide bonds. The number of carbonyl (C=O) groups is 2. The number of H-pyrrole nitrogens is 1. The summed E-state index contributed by atoms with van der Waals surface area (Å²) in [5, 5.41) is 0.678. The van der Waals surface area contributed by atoms with Gasteiger partial charge in [-0.05, 0) is 61.6 Å². The molecule has 1 fully saturated rings. The Balaban J connectivity index is 1.60. The number of carbonyl (C=O) groups excluding carboxylic acids is 2. The zero-order valence-electron chi connectivity index (χ0n) is 15.7. The molecule has 1 aromatic heterocycles. The molecule has 0 aliphatic heterocycles. The van der Waals surface area contributed by atoms with Crippen molar-refractivity contribution in [1.29, 1.82) is 0 Å². The molecule has 0 spiro atoms. The molecule has 1 aromatic carbocycles. The van der Waals surface area contributed by atoms with Gasteiger partial charge in [0.2, 0.25) is 0 Å². The van der Waals surface area contributed by atoms with Gasteiger partial charge in [-0.3, -0.25) is 4.79 Å². The number of ether oxygens (including phenoxy) is 1. The lowest BCUT2D eigenvalue weighted by Gasteiger charge is -2.22. The number of esters is 1. The van der Waals surface area contributed by atoms with Crippen LogP contribution in [0.5, 0.6) is 0 Å². The van der Waals surface area contributed by atoms with Crippen LogP contribution in [-0.4, -0.2) is 22.8 Å². The third-order valence-electron chi connectivity index (χ3n) is 6.08. The molecule has 1 N–H and O–H groups in total. The van der Waals surface area contributed by atoms with Crippen LogP contribution in [0.2, 0.25) is 5.02 Å². The van der Waals surface area contributed by atoms with E-state index in [4.69, 9.17) is 16.3 Å². The number of hydrogen-bond acceptors (Lipinski definition) is 3. The number of hydrogen-bond donors (Lipinski definition) is 1. The number of aromatic amines is 1. The Bertz CT molecular complexity index is 901. The van der Waals surface area contributed by atoms with Crippen LogP contribution in [0.15, 0.2) is 24.3 Å². The van der Waals surface area contributed by atoms with E-state index in [1.165, 1.54) is 0 Å². The summed E-state index contributed by atoms with van der Waals surface area (Å²) in [7, 11) is 0. The van der Waals surface area contributed by atoms with Crippen LogP contribution in [-0.2, 0) is 11.2 Å². The first kappa shape index (κ1) is 18.3. The first-order valence-corrected chi connectivity index (χ1v) is 10.0. The summed E-state index contributed by atoms with van der Waals surface area (Å²) < 4.78 is 5.73. The van der Waals surface area contributed by atoms with Crippen LogP contribution in [0.25, 0.3) is 0 Å². The fourth-order valence-corrected chi connectivity index (χ4v) is 4.84. The average molecular weight is 386 g/mol. The molecule has 5 heteroatoms. The SMILES string of the molecule is Cc1c(C(=O)O[C@@H]2CCC[C@@H]2C)[nH]c2c1C(=O)C[C@@H](c1ccccc1Cl)C2. The normalized spacial score (nSPS) is 24.7. The van der Waals surface area contributed by atoms with Crippen LogP contribution >= 0.6 is 11.6 Å². The third kappa shape index (κ3) is 3.31. The summed E-state index contributed by atoms with van der Waals surface area (Å²) in [6, 6.07) is 7.64. The molecular weight excluding hydrogens is 362 g/mol. The molecule has 142 valence electrons. The van der Waals surface area contributed by atoms with Crippen molar-refractivity contribution >= 4 is 23.4 Å². The van der Waals surface area contributed by atoms with Crippen molar-refractivity contribution in [2.24, 2.45) is 5.92 Å². The number of Topliss-reactive ketones (excluding diaryl/α,β-unsaturated/α-hetero) is 1. The molecule has 0 saturated heterocycles. The Kier molecular flexibility index (Phi) is 4.85. The number of rotatable bonds is 3. The van der Waals surface area contributed by atoms with Crippen molar-refractivity contribution in [1.82, 2.24) is 4.98 Å². The molecule has 4 nitrogen and oxygen atoms in total. The number of aromatic nitrogens is 1. The first-order valence-electron chi connectivity index (χ1n) is 9.65. The number of nitrogens with one attached hydrogen (secondary N) is 1. The molecule has 4 rings (SSSR count). The minimum atomic E-state index is -0.345. The molecule has 2 aliphatic carbocycles. The van der Waals surface area contributed by atoms with Crippen molar-refractivity contribution < 1.29 is 14.3 Å². The van der Waals surface area contributed by atoms with Gasteiger partial charge in [0.25, 0.3) is 0 Å². The summed E-state index contributed by atoms with van der Waals surface area (Å²) in [4.78, 5) is 28.7. The second-order valence-corrected chi connectivity index (χ2v) is 8.29. The number of fused-ring (bicyclic) bond motifs is 1. The number of halogens is 1. The highest BCUT2D eigenvalue weighted by Gasteiger charge is 2.34. The second-order valence-electron chi connectivity index (χ2n) is 7.88. The van der Waals surface area contributed by atoms with Crippen molar-refractivity contribution in [2.45, 2.75) is 58.0 Å². The maximum Gasteiger partial charge on any atom is 0.355 e. The smallest absolute Gasteiger partial charge is 0.355 e. The Labute approximate surface area is 164 Å². The molecule has 0 unspecified atom stereocenters. The van der Waals surface area contributed by atoms with Gasteiger partial charge in [0.15, 0.2) is 5.78 Å². The molecular formula is C22H24ClNO3. The predicted octanol–water partition coefficient (Wildman–Crippen LogP) is 5.23. The molecule has 0 radical (unpaired) electrons. The highest BCUT2D eigenvalue weighted by Crippen LogP contribution is 2.38. The summed E-state index contributed by atoms with van der Waals surface area (Å²) in [6.45, 7) is 3.95. The number of ketones is 1. The van der Waals surface area contributed by atoms with E-state index < -0.39 is 0 Å². The Morgan fingerprint density at radius 3 is 2.70 bits per heavy atom. The van der Waals surface area contributed by atoms with Crippen LogP contribution in [0.1, 0.15) is 76.2 Å². The van der Waals surface area contributed by atoms with E-state index in [1.807, 2.05) is 31.2 Å². The first-order chi connectivity index (χ1) is 13.0. The largest absolute Gasteiger partial charge is 0.457 e. The highest BCUT2D eigenvalue weighted by atomic mass is 35.5. The summed E-state index contributed by atoms with van der Waals surface area (Å²) in [6.07, 6.45) is 4.15.